The summed E-state index contributed by atoms with van der Waals surface area (Å²) in [5.74, 6) is 0.691. The molecule has 2 aromatic carbocycles. The molecule has 134 valence electrons. The van der Waals surface area contributed by atoms with Crippen LogP contribution < -0.4 is 11.1 Å². The fourth-order valence-electron chi connectivity index (χ4n) is 2.36. The molecule has 1 atom stereocenters. The molecule has 0 aromatic heterocycles. The molecule has 0 saturated heterocycles. The summed E-state index contributed by atoms with van der Waals surface area (Å²) in [6.45, 7) is 4.50. The number of nitrogens with one attached hydrogen (secondary N) is 1. The highest BCUT2D eigenvalue weighted by atomic mass is 16.5. The first kappa shape index (κ1) is 19.0. The number of methoxy groups -OCH3 is 1. The van der Waals surface area contributed by atoms with Crippen molar-refractivity contribution in [3.63, 3.8) is 0 Å². The van der Waals surface area contributed by atoms with Gasteiger partial charge in [-0.05, 0) is 17.5 Å². The minimum absolute atomic E-state index is 0.290. The van der Waals surface area contributed by atoms with Crippen LogP contribution in [0.25, 0.3) is 0 Å². The molecule has 0 saturated carbocycles. The number of benzene rings is 2. The van der Waals surface area contributed by atoms with Gasteiger partial charge in [0.05, 0.1) is 19.8 Å². The number of hydrogen-bond acceptors (Lipinski definition) is 3. The monoisotopic (exact) mass is 341 g/mol. The van der Waals surface area contributed by atoms with E-state index in [0.717, 1.165) is 11.3 Å². The van der Waals surface area contributed by atoms with Crippen LogP contribution >= 0.6 is 0 Å². The molecule has 0 heterocycles. The molecule has 2 aromatic rings. The summed E-state index contributed by atoms with van der Waals surface area (Å²) in [7, 11) is 1.67. The van der Waals surface area contributed by atoms with Crippen LogP contribution in [0.1, 0.15) is 18.1 Å². The maximum absolute atomic E-state index is 6.00. The number of hydrogen-bond donors (Lipinski definition) is 2. The molecule has 5 heteroatoms. The molecule has 0 aliphatic carbocycles. The number of para-hydroxylation sites is 1. The van der Waals surface area contributed by atoms with Crippen LogP contribution in [0.2, 0.25) is 0 Å². The van der Waals surface area contributed by atoms with Crippen molar-refractivity contribution in [1.29, 1.82) is 0 Å². The molecule has 25 heavy (non-hydrogen) atoms. The van der Waals surface area contributed by atoms with Crippen molar-refractivity contribution in [2.75, 3.05) is 25.6 Å². The van der Waals surface area contributed by atoms with Crippen LogP contribution in [0.3, 0.4) is 0 Å². The van der Waals surface area contributed by atoms with Crippen LogP contribution in [-0.2, 0) is 22.7 Å². The van der Waals surface area contributed by atoms with E-state index in [-0.39, 0.29) is 0 Å². The zero-order valence-corrected chi connectivity index (χ0v) is 14.9. The van der Waals surface area contributed by atoms with Crippen LogP contribution in [0.15, 0.2) is 59.6 Å². The van der Waals surface area contributed by atoms with E-state index in [2.05, 4.69) is 29.4 Å². The number of nitrogens with zero attached hydrogens (tertiary/aromatic N) is 1. The number of ether oxygens (including phenoxy) is 2. The quantitative estimate of drug-likeness (QED) is 0.542. The van der Waals surface area contributed by atoms with E-state index in [1.165, 1.54) is 5.56 Å². The third-order valence-corrected chi connectivity index (χ3v) is 3.67. The Balaban J connectivity index is 1.76. The number of nitrogens with two attached hydrogens (primary N) is 1. The van der Waals surface area contributed by atoms with E-state index in [9.17, 15) is 0 Å². The summed E-state index contributed by atoms with van der Waals surface area (Å²) in [6.07, 6.45) is 0. The molecule has 0 amide bonds. The minimum Gasteiger partial charge on any atom is -0.380 e. The molecule has 2 rings (SSSR count). The van der Waals surface area contributed by atoms with E-state index in [1.807, 2.05) is 42.5 Å². The van der Waals surface area contributed by atoms with Crippen molar-refractivity contribution in [3.05, 3.63) is 65.7 Å². The maximum atomic E-state index is 6.00. The van der Waals surface area contributed by atoms with Crippen molar-refractivity contribution in [2.45, 2.75) is 20.1 Å². The average Bonchev–Trinajstić information content (AvgIpc) is 2.63. The standard InChI is InChI=1S/C20H27N3O2/c1-16(13-25-14-17-8-4-3-5-9-17)12-22-20(21)23-19-11-7-6-10-18(19)15-24-2/h3-11,16H,12-15H2,1-2H3,(H3,21,22,23). The second-order valence-electron chi connectivity index (χ2n) is 6.05. The predicted octanol–water partition coefficient (Wildman–Crippen LogP) is 3.41. The highest BCUT2D eigenvalue weighted by Gasteiger charge is 2.05. The lowest BCUT2D eigenvalue weighted by atomic mass is 10.2. The highest BCUT2D eigenvalue weighted by Crippen LogP contribution is 2.15. The van der Waals surface area contributed by atoms with Crippen LogP contribution in [-0.4, -0.2) is 26.2 Å². The van der Waals surface area contributed by atoms with Gasteiger partial charge < -0.3 is 20.5 Å². The zero-order valence-electron chi connectivity index (χ0n) is 14.9. The summed E-state index contributed by atoms with van der Waals surface area (Å²) in [5, 5.41) is 3.14. The van der Waals surface area contributed by atoms with Gasteiger partial charge in [0.1, 0.15) is 0 Å². The smallest absolute Gasteiger partial charge is 0.193 e. The fourth-order valence-corrected chi connectivity index (χ4v) is 2.36. The summed E-state index contributed by atoms with van der Waals surface area (Å²) < 4.78 is 10.9. The number of aliphatic imine (C=N–C) groups is 1. The number of anilines is 1. The first-order valence-corrected chi connectivity index (χ1v) is 8.44. The van der Waals surface area contributed by atoms with Gasteiger partial charge in [-0.2, -0.15) is 0 Å². The lowest BCUT2D eigenvalue weighted by Crippen LogP contribution is -2.25. The number of guanidine groups is 1. The summed E-state index contributed by atoms with van der Waals surface area (Å²) >= 11 is 0. The van der Waals surface area contributed by atoms with Gasteiger partial charge in [-0.1, -0.05) is 55.5 Å². The molecule has 0 aliphatic rings. The molecular weight excluding hydrogens is 314 g/mol. The predicted molar refractivity (Wildman–Crippen MR) is 103 cm³/mol. The molecule has 0 radical (unpaired) electrons. The molecule has 0 spiro atoms. The van der Waals surface area contributed by atoms with Crippen molar-refractivity contribution in [2.24, 2.45) is 16.6 Å². The number of rotatable bonds is 9. The van der Waals surface area contributed by atoms with E-state index < -0.39 is 0 Å². The lowest BCUT2D eigenvalue weighted by molar-refractivity contribution is 0.0945. The Morgan fingerprint density at radius 1 is 1.08 bits per heavy atom. The van der Waals surface area contributed by atoms with Gasteiger partial charge >= 0.3 is 0 Å². The van der Waals surface area contributed by atoms with Crippen molar-refractivity contribution in [3.8, 4) is 0 Å². The van der Waals surface area contributed by atoms with E-state index >= 15 is 0 Å². The highest BCUT2D eigenvalue weighted by molar-refractivity contribution is 5.92. The van der Waals surface area contributed by atoms with Crippen molar-refractivity contribution in [1.82, 2.24) is 0 Å². The third kappa shape index (κ3) is 6.95. The largest absolute Gasteiger partial charge is 0.380 e. The Morgan fingerprint density at radius 3 is 2.56 bits per heavy atom. The normalized spacial score (nSPS) is 12.8. The Kier molecular flexibility index (Phi) is 7.95. The Morgan fingerprint density at radius 2 is 1.80 bits per heavy atom. The van der Waals surface area contributed by atoms with Crippen LogP contribution in [0, 0.1) is 5.92 Å². The van der Waals surface area contributed by atoms with Gasteiger partial charge in [-0.3, -0.25) is 4.99 Å². The Hall–Kier alpha value is -2.37. The third-order valence-electron chi connectivity index (χ3n) is 3.67. The van der Waals surface area contributed by atoms with Gasteiger partial charge in [0.25, 0.3) is 0 Å². The van der Waals surface area contributed by atoms with Crippen molar-refractivity contribution < 1.29 is 9.47 Å². The van der Waals surface area contributed by atoms with Crippen LogP contribution in [0.5, 0.6) is 0 Å². The Bertz CT molecular complexity index is 659. The summed E-state index contributed by atoms with van der Waals surface area (Å²) in [6, 6.07) is 18.0. The first-order chi connectivity index (χ1) is 12.2. The molecule has 5 nitrogen and oxygen atoms in total. The maximum Gasteiger partial charge on any atom is 0.193 e. The van der Waals surface area contributed by atoms with Gasteiger partial charge in [0, 0.05) is 24.9 Å². The van der Waals surface area contributed by atoms with E-state index in [1.54, 1.807) is 7.11 Å². The topological polar surface area (TPSA) is 68.9 Å². The molecule has 0 bridgehead atoms. The van der Waals surface area contributed by atoms with Gasteiger partial charge in [0.2, 0.25) is 0 Å². The summed E-state index contributed by atoms with van der Waals surface area (Å²) in [4.78, 5) is 4.41. The summed E-state index contributed by atoms with van der Waals surface area (Å²) in [5.41, 5.74) is 9.13. The molecule has 0 aliphatic heterocycles. The van der Waals surface area contributed by atoms with Gasteiger partial charge in [0.15, 0.2) is 5.96 Å². The fraction of sp³-hybridized carbons (Fsp3) is 0.350. The van der Waals surface area contributed by atoms with Gasteiger partial charge in [-0.15, -0.1) is 0 Å². The van der Waals surface area contributed by atoms with Crippen molar-refractivity contribution >= 4 is 11.6 Å². The minimum atomic E-state index is 0.290. The van der Waals surface area contributed by atoms with E-state index in [4.69, 9.17) is 15.2 Å². The molecule has 3 N–H and O–H groups in total. The second kappa shape index (κ2) is 10.5. The van der Waals surface area contributed by atoms with E-state index in [0.29, 0.717) is 38.2 Å². The molecule has 0 fully saturated rings. The lowest BCUT2D eigenvalue weighted by Gasteiger charge is -2.13. The van der Waals surface area contributed by atoms with Crippen LogP contribution in [0.4, 0.5) is 5.69 Å². The Labute approximate surface area is 149 Å². The average molecular weight is 341 g/mol. The SMILES string of the molecule is COCc1ccccc1NC(N)=NCC(C)COCc1ccccc1. The zero-order chi connectivity index (χ0) is 17.9. The van der Waals surface area contributed by atoms with Gasteiger partial charge in [-0.25, -0.2) is 0 Å². The first-order valence-electron chi connectivity index (χ1n) is 8.44. The molecular formula is C20H27N3O2. The second-order valence-corrected chi connectivity index (χ2v) is 6.05. The molecule has 1 unspecified atom stereocenters.